The number of amides is 1. The topological polar surface area (TPSA) is 32.3 Å². The molecule has 1 saturated heterocycles. The van der Waals surface area contributed by atoms with Gasteiger partial charge in [0, 0.05) is 13.1 Å². The quantitative estimate of drug-likeness (QED) is 0.853. The Morgan fingerprint density at radius 3 is 2.50 bits per heavy atom. The van der Waals surface area contributed by atoms with E-state index in [0.29, 0.717) is 37.4 Å². The van der Waals surface area contributed by atoms with Gasteiger partial charge in [0.2, 0.25) is 5.91 Å². The number of carbonyl (C=O) groups is 1. The first-order chi connectivity index (χ1) is 12.4. The zero-order valence-electron chi connectivity index (χ0n) is 15.2. The molecule has 0 atom stereocenters. The minimum absolute atomic E-state index is 0.0233. The lowest BCUT2D eigenvalue weighted by molar-refractivity contribution is -0.143. The van der Waals surface area contributed by atoms with Gasteiger partial charge in [0.15, 0.2) is 0 Å². The monoisotopic (exact) mass is 368 g/mol. The van der Waals surface area contributed by atoms with Gasteiger partial charge in [-0.25, -0.2) is 0 Å². The van der Waals surface area contributed by atoms with Crippen LogP contribution in [-0.2, 0) is 16.4 Å². The molecule has 1 amide bonds. The first-order valence-electron chi connectivity index (χ1n) is 9.48. The van der Waals surface area contributed by atoms with E-state index in [1.807, 2.05) is 11.9 Å². The summed E-state index contributed by atoms with van der Waals surface area (Å²) in [4.78, 5) is 15.1. The zero-order valence-corrected chi connectivity index (χ0v) is 15.2. The molecule has 2 fully saturated rings. The minimum atomic E-state index is -4.38. The van der Waals surface area contributed by atoms with E-state index < -0.39 is 17.2 Å². The highest BCUT2D eigenvalue weighted by molar-refractivity contribution is 5.89. The molecule has 0 aromatic heterocycles. The van der Waals surface area contributed by atoms with E-state index in [1.165, 1.54) is 12.1 Å². The fourth-order valence-electron chi connectivity index (χ4n) is 4.23. The van der Waals surface area contributed by atoms with Crippen molar-refractivity contribution in [1.29, 1.82) is 0 Å². The van der Waals surface area contributed by atoms with Crippen LogP contribution in [0.2, 0.25) is 0 Å². The number of nitrogens with one attached hydrogen (secondary N) is 1. The van der Waals surface area contributed by atoms with Gasteiger partial charge in [0.05, 0.1) is 11.0 Å². The second-order valence-corrected chi connectivity index (χ2v) is 7.64. The number of benzene rings is 1. The van der Waals surface area contributed by atoms with Crippen LogP contribution in [0.25, 0.3) is 0 Å². The first kappa shape index (κ1) is 19.2. The summed E-state index contributed by atoms with van der Waals surface area (Å²) in [6.45, 7) is 2.41. The van der Waals surface area contributed by atoms with Gasteiger partial charge in [-0.15, -0.1) is 0 Å². The van der Waals surface area contributed by atoms with E-state index in [2.05, 4.69) is 5.32 Å². The van der Waals surface area contributed by atoms with Gasteiger partial charge >= 0.3 is 6.18 Å². The molecule has 1 aromatic rings. The number of nitrogens with zero attached hydrogens (tertiary/aromatic N) is 1. The van der Waals surface area contributed by atoms with E-state index in [0.717, 1.165) is 38.3 Å². The van der Waals surface area contributed by atoms with E-state index in [4.69, 9.17) is 0 Å². The van der Waals surface area contributed by atoms with E-state index >= 15 is 0 Å². The molecule has 144 valence electrons. The van der Waals surface area contributed by atoms with Gasteiger partial charge in [-0.3, -0.25) is 4.79 Å². The van der Waals surface area contributed by atoms with Crippen LogP contribution in [0.1, 0.15) is 49.7 Å². The highest BCUT2D eigenvalue weighted by atomic mass is 19.4. The van der Waals surface area contributed by atoms with Crippen LogP contribution in [0.4, 0.5) is 13.2 Å². The van der Waals surface area contributed by atoms with Crippen molar-refractivity contribution in [2.75, 3.05) is 26.7 Å². The lowest BCUT2D eigenvalue weighted by Crippen LogP contribution is -2.53. The summed E-state index contributed by atoms with van der Waals surface area (Å²) in [5.74, 6) is 0.646. The Balaban J connectivity index is 1.73. The largest absolute Gasteiger partial charge is 0.416 e. The van der Waals surface area contributed by atoms with Crippen LogP contribution < -0.4 is 5.32 Å². The Morgan fingerprint density at radius 1 is 1.27 bits per heavy atom. The third-order valence-electron chi connectivity index (χ3n) is 6.06. The Kier molecular flexibility index (Phi) is 5.61. The molecule has 1 aromatic carbocycles. The lowest BCUT2D eigenvalue weighted by atomic mass is 9.63. The number of alkyl halides is 3. The van der Waals surface area contributed by atoms with Crippen LogP contribution >= 0.6 is 0 Å². The summed E-state index contributed by atoms with van der Waals surface area (Å²) in [7, 11) is 1.94. The van der Waals surface area contributed by atoms with Crippen LogP contribution in [0.3, 0.4) is 0 Å². The Morgan fingerprint density at radius 2 is 1.96 bits per heavy atom. The molecule has 26 heavy (non-hydrogen) atoms. The summed E-state index contributed by atoms with van der Waals surface area (Å²) >= 11 is 0. The van der Waals surface area contributed by atoms with E-state index in [1.54, 1.807) is 6.07 Å². The number of hydrogen-bond acceptors (Lipinski definition) is 2. The van der Waals surface area contributed by atoms with Gasteiger partial charge in [0.25, 0.3) is 0 Å². The zero-order chi connectivity index (χ0) is 18.8. The maximum absolute atomic E-state index is 13.2. The second-order valence-electron chi connectivity index (χ2n) is 7.64. The highest BCUT2D eigenvalue weighted by Gasteiger charge is 2.48. The summed E-state index contributed by atoms with van der Waals surface area (Å²) < 4.78 is 39.2. The van der Waals surface area contributed by atoms with Crippen LogP contribution in [0.15, 0.2) is 24.3 Å². The summed E-state index contributed by atoms with van der Waals surface area (Å²) in [5, 5.41) is 3.16. The summed E-state index contributed by atoms with van der Waals surface area (Å²) in [5.41, 5.74) is -0.889. The van der Waals surface area contributed by atoms with Crippen molar-refractivity contribution in [2.24, 2.45) is 5.92 Å². The number of piperidine rings is 1. The Labute approximate surface area is 152 Å². The van der Waals surface area contributed by atoms with Gasteiger partial charge < -0.3 is 10.2 Å². The van der Waals surface area contributed by atoms with Gasteiger partial charge in [0.1, 0.15) is 0 Å². The molecule has 6 heteroatoms. The van der Waals surface area contributed by atoms with Crippen LogP contribution in [0, 0.1) is 5.92 Å². The SMILES string of the molecule is CNCCC1CCN(C(=O)C2(c3cccc(C(F)(F)F)c3)CCC2)CC1. The number of carbonyl (C=O) groups excluding carboxylic acids is 1. The van der Waals surface area contributed by atoms with E-state index in [9.17, 15) is 18.0 Å². The fraction of sp³-hybridized carbons (Fsp3) is 0.650. The molecule has 1 heterocycles. The molecule has 3 rings (SSSR count). The second kappa shape index (κ2) is 7.59. The fourth-order valence-corrected chi connectivity index (χ4v) is 4.23. The number of halogens is 3. The smallest absolute Gasteiger partial charge is 0.342 e. The lowest BCUT2D eigenvalue weighted by Gasteiger charge is -2.45. The molecule has 1 aliphatic carbocycles. The van der Waals surface area contributed by atoms with E-state index in [-0.39, 0.29) is 5.91 Å². The molecule has 0 spiro atoms. The molecular formula is C20H27F3N2O. The molecule has 0 unspecified atom stereocenters. The molecule has 1 aliphatic heterocycles. The molecule has 1 N–H and O–H groups in total. The van der Waals surface area contributed by atoms with Crippen molar-refractivity contribution in [1.82, 2.24) is 10.2 Å². The van der Waals surface area contributed by atoms with Crippen LogP contribution in [0.5, 0.6) is 0 Å². The van der Waals surface area contributed by atoms with Crippen molar-refractivity contribution in [3.63, 3.8) is 0 Å². The number of hydrogen-bond donors (Lipinski definition) is 1. The van der Waals surface area contributed by atoms with Crippen molar-refractivity contribution in [2.45, 2.75) is 50.1 Å². The minimum Gasteiger partial charge on any atom is -0.342 e. The average Bonchev–Trinajstić information content (AvgIpc) is 2.59. The summed E-state index contributed by atoms with van der Waals surface area (Å²) in [6.07, 6.45) is 0.866. The molecule has 0 radical (unpaired) electrons. The molecular weight excluding hydrogens is 341 g/mol. The summed E-state index contributed by atoms with van der Waals surface area (Å²) in [6, 6.07) is 5.37. The number of likely N-dealkylation sites (tertiary alicyclic amines) is 1. The molecule has 1 saturated carbocycles. The van der Waals surface area contributed by atoms with Gasteiger partial charge in [-0.1, -0.05) is 24.6 Å². The van der Waals surface area contributed by atoms with Gasteiger partial charge in [-0.05, 0) is 63.2 Å². The highest BCUT2D eigenvalue weighted by Crippen LogP contribution is 2.46. The van der Waals surface area contributed by atoms with Crippen molar-refractivity contribution >= 4 is 5.91 Å². The first-order valence-corrected chi connectivity index (χ1v) is 9.48. The standard InChI is InChI=1S/C20H27F3N2O/c1-24-11-6-15-7-12-25(13-8-15)18(26)19(9-3-10-19)16-4-2-5-17(14-16)20(21,22)23/h2,4-5,14-15,24H,3,6-13H2,1H3. The average molecular weight is 368 g/mol. The Hall–Kier alpha value is -1.56. The maximum atomic E-state index is 13.2. The predicted molar refractivity (Wildman–Crippen MR) is 94.8 cm³/mol. The molecule has 3 nitrogen and oxygen atoms in total. The van der Waals surface area contributed by atoms with Crippen molar-refractivity contribution < 1.29 is 18.0 Å². The molecule has 2 aliphatic rings. The third-order valence-corrected chi connectivity index (χ3v) is 6.06. The van der Waals surface area contributed by atoms with Gasteiger partial charge in [-0.2, -0.15) is 13.2 Å². The normalized spacial score (nSPS) is 20.7. The Bertz CT molecular complexity index is 632. The molecule has 0 bridgehead atoms. The number of rotatable bonds is 5. The van der Waals surface area contributed by atoms with Crippen molar-refractivity contribution in [3.8, 4) is 0 Å². The maximum Gasteiger partial charge on any atom is 0.416 e. The van der Waals surface area contributed by atoms with Crippen LogP contribution in [-0.4, -0.2) is 37.5 Å². The van der Waals surface area contributed by atoms with Crippen molar-refractivity contribution in [3.05, 3.63) is 35.4 Å². The third kappa shape index (κ3) is 3.75. The predicted octanol–water partition coefficient (Wildman–Crippen LogP) is 3.98.